The van der Waals surface area contributed by atoms with Gasteiger partial charge < -0.3 is 5.32 Å². The van der Waals surface area contributed by atoms with Crippen LogP contribution >= 0.6 is 23.2 Å². The number of nitrogens with one attached hydrogen (secondary N) is 1. The minimum atomic E-state index is -0.274. The average molecular weight is 373 g/mol. The Morgan fingerprint density at radius 2 is 2.00 bits per heavy atom. The molecule has 0 aliphatic rings. The number of carbonyl (C=O) groups is 1. The summed E-state index contributed by atoms with van der Waals surface area (Å²) in [7, 11) is 0. The van der Waals surface area contributed by atoms with E-state index in [9.17, 15) is 4.79 Å². The van der Waals surface area contributed by atoms with E-state index in [1.54, 1.807) is 35.3 Å². The van der Waals surface area contributed by atoms with Gasteiger partial charge in [0.05, 0.1) is 28.5 Å². The Morgan fingerprint density at radius 1 is 1.12 bits per heavy atom. The second-order valence-corrected chi connectivity index (χ2v) is 5.95. The van der Waals surface area contributed by atoms with Crippen molar-refractivity contribution in [2.24, 2.45) is 0 Å². The van der Waals surface area contributed by atoms with Crippen LogP contribution in [0.5, 0.6) is 0 Å². The van der Waals surface area contributed by atoms with Gasteiger partial charge in [-0.25, -0.2) is 4.68 Å². The fourth-order valence-electron chi connectivity index (χ4n) is 2.20. The SMILES string of the molecule is O=C(/C=C/c1ccccn1)Nc1ccnn1Cc1cccc(Cl)c1Cl. The number of hydrogen-bond donors (Lipinski definition) is 1. The van der Waals surface area contributed by atoms with Crippen molar-refractivity contribution < 1.29 is 4.79 Å². The molecule has 0 unspecified atom stereocenters. The Balaban J connectivity index is 1.70. The molecule has 3 aromatic rings. The molecule has 2 heterocycles. The summed E-state index contributed by atoms with van der Waals surface area (Å²) in [6.07, 6.45) is 6.34. The topological polar surface area (TPSA) is 59.8 Å². The predicted octanol–water partition coefficient (Wildman–Crippen LogP) is 4.29. The highest BCUT2D eigenvalue weighted by Gasteiger charge is 2.09. The highest BCUT2D eigenvalue weighted by molar-refractivity contribution is 6.42. The molecule has 0 saturated heterocycles. The Hall–Kier alpha value is -2.63. The zero-order valence-corrected chi connectivity index (χ0v) is 14.6. The number of benzene rings is 1. The van der Waals surface area contributed by atoms with Crippen LogP contribution in [0.2, 0.25) is 10.0 Å². The Morgan fingerprint density at radius 3 is 2.80 bits per heavy atom. The van der Waals surface area contributed by atoms with Gasteiger partial charge in [0.15, 0.2) is 0 Å². The summed E-state index contributed by atoms with van der Waals surface area (Å²) in [5, 5.41) is 7.96. The van der Waals surface area contributed by atoms with E-state index in [0.29, 0.717) is 28.1 Å². The Labute approximate surface area is 154 Å². The number of carbonyl (C=O) groups excluding carboxylic acids is 1. The molecule has 1 amide bonds. The second kappa shape index (κ2) is 7.96. The van der Waals surface area contributed by atoms with Crippen molar-refractivity contribution in [1.29, 1.82) is 0 Å². The van der Waals surface area contributed by atoms with E-state index in [4.69, 9.17) is 23.2 Å². The maximum absolute atomic E-state index is 12.1. The Bertz CT molecular complexity index is 906. The van der Waals surface area contributed by atoms with Crippen LogP contribution in [0.25, 0.3) is 6.08 Å². The summed E-state index contributed by atoms with van der Waals surface area (Å²) >= 11 is 12.2. The lowest BCUT2D eigenvalue weighted by molar-refractivity contribution is -0.111. The molecule has 0 spiro atoms. The third-order valence-corrected chi connectivity index (χ3v) is 4.27. The zero-order chi connectivity index (χ0) is 17.6. The quantitative estimate of drug-likeness (QED) is 0.679. The number of pyridine rings is 1. The third kappa shape index (κ3) is 4.47. The molecule has 0 saturated carbocycles. The Kier molecular flexibility index (Phi) is 5.48. The van der Waals surface area contributed by atoms with Crippen LogP contribution in [-0.2, 0) is 11.3 Å². The molecule has 0 radical (unpaired) electrons. The monoisotopic (exact) mass is 372 g/mol. The lowest BCUT2D eigenvalue weighted by atomic mass is 10.2. The van der Waals surface area contributed by atoms with E-state index < -0.39 is 0 Å². The number of anilines is 1. The fraction of sp³-hybridized carbons (Fsp3) is 0.0556. The number of aromatic nitrogens is 3. The van der Waals surface area contributed by atoms with Crippen molar-refractivity contribution >= 4 is 41.0 Å². The minimum absolute atomic E-state index is 0.274. The average Bonchev–Trinajstić information content (AvgIpc) is 3.05. The van der Waals surface area contributed by atoms with E-state index in [0.717, 1.165) is 5.56 Å². The van der Waals surface area contributed by atoms with Gasteiger partial charge in [-0.15, -0.1) is 0 Å². The first-order chi connectivity index (χ1) is 12.1. The molecule has 0 aliphatic heterocycles. The van der Waals surface area contributed by atoms with Gasteiger partial charge in [0.1, 0.15) is 5.82 Å². The van der Waals surface area contributed by atoms with E-state index in [1.165, 1.54) is 6.08 Å². The summed E-state index contributed by atoms with van der Waals surface area (Å²) in [5.41, 5.74) is 1.52. The van der Waals surface area contributed by atoms with Gasteiger partial charge in [-0.1, -0.05) is 41.4 Å². The van der Waals surface area contributed by atoms with E-state index in [2.05, 4.69) is 15.4 Å². The predicted molar refractivity (Wildman–Crippen MR) is 99.7 cm³/mol. The molecule has 126 valence electrons. The molecule has 5 nitrogen and oxygen atoms in total. The van der Waals surface area contributed by atoms with Crippen LogP contribution in [0.1, 0.15) is 11.3 Å². The van der Waals surface area contributed by atoms with Crippen LogP contribution in [0.3, 0.4) is 0 Å². The van der Waals surface area contributed by atoms with Crippen LogP contribution in [0.4, 0.5) is 5.82 Å². The van der Waals surface area contributed by atoms with Gasteiger partial charge in [-0.2, -0.15) is 5.10 Å². The van der Waals surface area contributed by atoms with Gasteiger partial charge in [0.2, 0.25) is 5.91 Å². The van der Waals surface area contributed by atoms with Gasteiger partial charge in [-0.3, -0.25) is 9.78 Å². The van der Waals surface area contributed by atoms with Crippen LogP contribution < -0.4 is 5.32 Å². The first-order valence-electron chi connectivity index (χ1n) is 7.48. The smallest absolute Gasteiger partial charge is 0.249 e. The van der Waals surface area contributed by atoms with Gasteiger partial charge in [0, 0.05) is 18.3 Å². The highest BCUT2D eigenvalue weighted by atomic mass is 35.5. The molecule has 3 rings (SSSR count). The maximum Gasteiger partial charge on any atom is 0.249 e. The van der Waals surface area contributed by atoms with Crippen LogP contribution in [-0.4, -0.2) is 20.7 Å². The summed E-state index contributed by atoms with van der Waals surface area (Å²) < 4.78 is 1.64. The second-order valence-electron chi connectivity index (χ2n) is 5.16. The van der Waals surface area contributed by atoms with E-state index in [1.807, 2.05) is 30.3 Å². The first-order valence-corrected chi connectivity index (χ1v) is 8.24. The van der Waals surface area contributed by atoms with E-state index in [-0.39, 0.29) is 5.91 Å². The lowest BCUT2D eigenvalue weighted by Crippen LogP contribution is -2.14. The van der Waals surface area contributed by atoms with Crippen molar-refractivity contribution in [2.45, 2.75) is 6.54 Å². The van der Waals surface area contributed by atoms with Gasteiger partial charge in [0.25, 0.3) is 0 Å². The largest absolute Gasteiger partial charge is 0.307 e. The molecule has 25 heavy (non-hydrogen) atoms. The number of hydrogen-bond acceptors (Lipinski definition) is 3. The van der Waals surface area contributed by atoms with Crippen molar-refractivity contribution in [3.8, 4) is 0 Å². The van der Waals surface area contributed by atoms with Gasteiger partial charge >= 0.3 is 0 Å². The first kappa shape index (κ1) is 17.2. The standard InChI is InChI=1S/C18H14Cl2N4O/c19-15-6-3-4-13(18(15)20)12-24-16(9-11-22-24)23-17(25)8-7-14-5-1-2-10-21-14/h1-11H,12H2,(H,23,25)/b8-7+. The zero-order valence-electron chi connectivity index (χ0n) is 13.1. The molecule has 1 N–H and O–H groups in total. The minimum Gasteiger partial charge on any atom is -0.307 e. The number of rotatable bonds is 5. The lowest BCUT2D eigenvalue weighted by Gasteiger charge is -2.10. The maximum atomic E-state index is 12.1. The molecule has 0 bridgehead atoms. The third-order valence-electron chi connectivity index (χ3n) is 3.41. The summed E-state index contributed by atoms with van der Waals surface area (Å²) in [5.74, 6) is 0.288. The molecular weight excluding hydrogens is 359 g/mol. The van der Waals surface area contributed by atoms with Crippen molar-refractivity contribution in [3.05, 3.63) is 82.2 Å². The summed E-state index contributed by atoms with van der Waals surface area (Å²) in [6, 6.07) is 12.6. The molecule has 0 atom stereocenters. The molecule has 0 aliphatic carbocycles. The van der Waals surface area contributed by atoms with Crippen molar-refractivity contribution in [3.63, 3.8) is 0 Å². The number of amides is 1. The van der Waals surface area contributed by atoms with Crippen LogP contribution in [0.15, 0.2) is 60.9 Å². The van der Waals surface area contributed by atoms with E-state index >= 15 is 0 Å². The fourth-order valence-corrected chi connectivity index (χ4v) is 2.58. The van der Waals surface area contributed by atoms with Crippen molar-refractivity contribution in [2.75, 3.05) is 5.32 Å². The van der Waals surface area contributed by atoms with Gasteiger partial charge in [-0.05, 0) is 29.8 Å². The van der Waals surface area contributed by atoms with Crippen molar-refractivity contribution in [1.82, 2.24) is 14.8 Å². The summed E-state index contributed by atoms with van der Waals surface area (Å²) in [6.45, 7) is 0.395. The molecule has 2 aromatic heterocycles. The normalized spacial score (nSPS) is 11.0. The summed E-state index contributed by atoms with van der Waals surface area (Å²) in [4.78, 5) is 16.2. The highest BCUT2D eigenvalue weighted by Crippen LogP contribution is 2.26. The molecule has 7 heteroatoms. The molecular formula is C18H14Cl2N4O. The number of halogens is 2. The van der Waals surface area contributed by atoms with Crippen LogP contribution in [0, 0.1) is 0 Å². The molecule has 1 aromatic carbocycles. The number of nitrogens with zero attached hydrogens (tertiary/aromatic N) is 3. The molecule has 0 fully saturated rings.